The number of hydrogen-bond donors (Lipinski definition) is 1. The average molecular weight is 517 g/mol. The van der Waals surface area contributed by atoms with Crippen molar-refractivity contribution in [2.45, 2.75) is 54.4 Å². The first-order chi connectivity index (χ1) is 17.6. The lowest BCUT2D eigenvalue weighted by atomic mass is 10.0. The summed E-state index contributed by atoms with van der Waals surface area (Å²) in [5.41, 5.74) is 2.28. The largest absolute Gasteiger partial charge is 0.355 e. The number of amides is 2. The second-order valence-electron chi connectivity index (χ2n) is 7.50. The van der Waals surface area contributed by atoms with Crippen LogP contribution in [0.4, 0.5) is 8.78 Å². The van der Waals surface area contributed by atoms with Crippen LogP contribution >= 0.6 is 0 Å². The molecule has 0 spiro atoms. The van der Waals surface area contributed by atoms with Crippen LogP contribution in [0.2, 0.25) is 0 Å². The van der Waals surface area contributed by atoms with Gasteiger partial charge in [-0.05, 0) is 70.8 Å². The Morgan fingerprint density at radius 3 is 2.03 bits per heavy atom. The first kappa shape index (κ1) is 35.2. The van der Waals surface area contributed by atoms with Crippen LogP contribution < -0.4 is 5.32 Å². The minimum atomic E-state index is -0.821. The Hall–Kier alpha value is -3.93. The third kappa shape index (κ3) is 14.3. The molecule has 1 aliphatic rings. The van der Waals surface area contributed by atoms with Crippen LogP contribution in [0, 0.1) is 17.2 Å². The topological polar surface area (TPSA) is 103 Å². The van der Waals surface area contributed by atoms with E-state index in [0.717, 1.165) is 29.4 Å². The fourth-order valence-electron chi connectivity index (χ4n) is 2.59. The molecule has 0 bridgehead atoms. The van der Waals surface area contributed by atoms with Crippen molar-refractivity contribution < 1.29 is 23.2 Å². The van der Waals surface area contributed by atoms with Gasteiger partial charge >= 0.3 is 0 Å². The van der Waals surface area contributed by atoms with Crippen molar-refractivity contribution in [3.63, 3.8) is 0 Å². The van der Waals surface area contributed by atoms with Gasteiger partial charge in [0, 0.05) is 19.7 Å². The van der Waals surface area contributed by atoms with Crippen molar-refractivity contribution in [1.29, 1.82) is 5.26 Å². The van der Waals surface area contributed by atoms with E-state index in [9.17, 15) is 23.2 Å². The molecule has 37 heavy (non-hydrogen) atoms. The Morgan fingerprint density at radius 1 is 1.08 bits per heavy atom. The smallest absolute Gasteiger partial charge is 0.249 e. The molecule has 9 heteroatoms. The van der Waals surface area contributed by atoms with Crippen LogP contribution in [0.25, 0.3) is 0 Å². The number of nitrogens with one attached hydrogen (secondary N) is 1. The highest BCUT2D eigenvalue weighted by Crippen LogP contribution is 2.38. The van der Waals surface area contributed by atoms with Gasteiger partial charge in [0.05, 0.1) is 17.3 Å². The Morgan fingerprint density at radius 2 is 1.62 bits per heavy atom. The van der Waals surface area contributed by atoms with Crippen molar-refractivity contribution in [3.8, 4) is 6.07 Å². The lowest BCUT2D eigenvalue weighted by Crippen LogP contribution is -2.30. The standard InChI is InChI=1S/C19H23N3O3.C7H9F2N.C2H6/c1-5-13(2)10-14(11-20)6-9-16(24)18(22(4)12-23)17(15-7-8-15)19(25)21-3;1-3-6(2)4-7(9)10-5-8;1-2/h5-6,9-10,12,15H,7-8H2,1-4H3,(H,21,25);3-5H,1-2H3;1-2H3/b9-6+,13-5-,14-10+,18-17-;6-3-,7-4-,10-5+;. The highest BCUT2D eigenvalue weighted by molar-refractivity contribution is 6.11. The van der Waals surface area contributed by atoms with E-state index in [-0.39, 0.29) is 24.0 Å². The second-order valence-corrected chi connectivity index (χ2v) is 7.50. The summed E-state index contributed by atoms with van der Waals surface area (Å²) >= 11 is 0. The fourth-order valence-corrected chi connectivity index (χ4v) is 2.59. The number of likely N-dealkylation sites (N-methyl/N-ethyl adjacent to an activating group) is 2. The summed E-state index contributed by atoms with van der Waals surface area (Å²) in [5.74, 6) is -1.70. The van der Waals surface area contributed by atoms with Gasteiger partial charge in [-0.25, -0.2) is 0 Å². The van der Waals surface area contributed by atoms with Gasteiger partial charge in [0.15, 0.2) is 6.47 Å². The van der Waals surface area contributed by atoms with E-state index in [4.69, 9.17) is 5.26 Å². The maximum absolute atomic E-state index is 12.6. The molecule has 7 nitrogen and oxygen atoms in total. The number of hydrogen-bond acceptors (Lipinski definition) is 5. The van der Waals surface area contributed by atoms with Gasteiger partial charge in [0.1, 0.15) is 0 Å². The zero-order chi connectivity index (χ0) is 29.0. The van der Waals surface area contributed by atoms with Crippen LogP contribution in [0.1, 0.15) is 54.4 Å². The summed E-state index contributed by atoms with van der Waals surface area (Å²) in [5, 5.41) is 11.7. The van der Waals surface area contributed by atoms with Gasteiger partial charge in [0.2, 0.25) is 24.1 Å². The molecule has 2 amide bonds. The number of rotatable bonds is 10. The number of allylic oxidation sites excluding steroid dienone is 9. The Labute approximate surface area is 219 Å². The number of nitrogens with zero attached hydrogens (tertiary/aromatic N) is 3. The summed E-state index contributed by atoms with van der Waals surface area (Å²) < 4.78 is 23.4. The van der Waals surface area contributed by atoms with Crippen LogP contribution in [0.5, 0.6) is 0 Å². The lowest BCUT2D eigenvalue weighted by Gasteiger charge is -2.18. The van der Waals surface area contributed by atoms with Crippen molar-refractivity contribution in [3.05, 3.63) is 70.4 Å². The highest BCUT2D eigenvalue weighted by Gasteiger charge is 2.35. The van der Waals surface area contributed by atoms with E-state index >= 15 is 0 Å². The molecule has 1 fully saturated rings. The Bertz CT molecular complexity index is 1040. The van der Waals surface area contributed by atoms with E-state index in [1.54, 1.807) is 26.0 Å². The summed E-state index contributed by atoms with van der Waals surface area (Å²) in [6.45, 7) is 11.1. The molecule has 0 saturated heterocycles. The quantitative estimate of drug-likeness (QED) is 0.0988. The van der Waals surface area contributed by atoms with E-state index in [0.29, 0.717) is 23.1 Å². The number of aliphatic imine (C=N–C) groups is 1. The molecule has 0 heterocycles. The van der Waals surface area contributed by atoms with Gasteiger partial charge in [-0.2, -0.15) is 19.0 Å². The molecule has 0 aliphatic heterocycles. The third-order valence-corrected chi connectivity index (χ3v) is 4.81. The molecule has 0 atom stereocenters. The molecule has 0 aromatic heterocycles. The van der Waals surface area contributed by atoms with E-state index in [2.05, 4.69) is 10.3 Å². The van der Waals surface area contributed by atoms with Gasteiger partial charge in [-0.3, -0.25) is 14.4 Å². The summed E-state index contributed by atoms with van der Waals surface area (Å²) in [6, 6.07) is 2.01. The van der Waals surface area contributed by atoms with Crippen molar-refractivity contribution >= 4 is 24.6 Å². The minimum Gasteiger partial charge on any atom is -0.355 e. The molecule has 1 aliphatic carbocycles. The normalized spacial score (nSPS) is 15.1. The first-order valence-electron chi connectivity index (χ1n) is 11.8. The lowest BCUT2D eigenvalue weighted by molar-refractivity contribution is -0.121. The highest BCUT2D eigenvalue weighted by atomic mass is 19.1. The molecule has 0 aromatic rings. The number of ketones is 1. The molecule has 0 radical (unpaired) electrons. The number of halogens is 2. The fraction of sp³-hybridized carbons (Fsp3) is 0.393. The Kier molecular flexibility index (Phi) is 19.3. The number of nitriles is 1. The molecule has 1 saturated carbocycles. The van der Waals surface area contributed by atoms with Crippen LogP contribution in [-0.4, -0.2) is 43.6 Å². The van der Waals surface area contributed by atoms with Crippen LogP contribution in [0.3, 0.4) is 0 Å². The molecular formula is C28H38F2N4O3. The third-order valence-electron chi connectivity index (χ3n) is 4.81. The van der Waals surface area contributed by atoms with E-state index in [1.807, 2.05) is 39.8 Å². The predicted molar refractivity (Wildman–Crippen MR) is 144 cm³/mol. The van der Waals surface area contributed by atoms with Crippen molar-refractivity contribution in [2.75, 3.05) is 14.1 Å². The Balaban J connectivity index is 0. The zero-order valence-electron chi connectivity index (χ0n) is 22.9. The van der Waals surface area contributed by atoms with Crippen molar-refractivity contribution in [2.24, 2.45) is 10.9 Å². The first-order valence-corrected chi connectivity index (χ1v) is 11.8. The summed E-state index contributed by atoms with van der Waals surface area (Å²) in [4.78, 5) is 39.9. The molecule has 1 N–H and O–H groups in total. The molecule has 1 rings (SSSR count). The summed E-state index contributed by atoms with van der Waals surface area (Å²) in [6.07, 6.45) is 11.1. The van der Waals surface area contributed by atoms with Gasteiger partial charge in [0.25, 0.3) is 0 Å². The van der Waals surface area contributed by atoms with Crippen molar-refractivity contribution in [1.82, 2.24) is 10.2 Å². The molecule has 0 aromatic carbocycles. The molecule has 202 valence electrons. The van der Waals surface area contributed by atoms with E-state index in [1.165, 1.54) is 26.2 Å². The van der Waals surface area contributed by atoms with Gasteiger partial charge in [-0.15, -0.1) is 0 Å². The van der Waals surface area contributed by atoms with Gasteiger partial charge in [-0.1, -0.05) is 37.1 Å². The van der Waals surface area contributed by atoms with Crippen LogP contribution in [-0.2, 0) is 14.4 Å². The SMILES string of the molecule is CC.C\C=C(C)/C=C(C#N)\C=C\C(=O)/C(=C(/C(=O)NC)C1CC1)N(C)C=O.C\C=C(C)/C=C(F)\N=C\F. The molecular weight excluding hydrogens is 478 g/mol. The minimum absolute atomic E-state index is 0.0223. The molecule has 0 unspecified atom stereocenters. The number of carbonyl (C=O) groups is 3. The summed E-state index contributed by atoms with van der Waals surface area (Å²) in [7, 11) is 2.92. The van der Waals surface area contributed by atoms with Gasteiger partial charge < -0.3 is 10.2 Å². The number of carbonyl (C=O) groups excluding carboxylic acids is 3. The predicted octanol–water partition coefficient (Wildman–Crippen LogP) is 5.81. The second kappa shape index (κ2) is 20.3. The van der Waals surface area contributed by atoms with E-state index < -0.39 is 11.7 Å². The average Bonchev–Trinajstić information content (AvgIpc) is 3.75. The van der Waals surface area contributed by atoms with Crippen LogP contribution in [0.15, 0.2) is 75.4 Å². The monoisotopic (exact) mass is 516 g/mol. The maximum atomic E-state index is 12.6. The zero-order valence-corrected chi connectivity index (χ0v) is 22.9. The maximum Gasteiger partial charge on any atom is 0.249 e.